The molecule has 0 bridgehead atoms. The Hall–Kier alpha value is -1.36. The maximum absolute atomic E-state index is 11.1. The molecule has 1 aromatic carbocycles. The largest absolute Gasteiger partial charge is 0.274 e. The summed E-state index contributed by atoms with van der Waals surface area (Å²) in [6.45, 7) is 0. The molecule has 0 radical (unpaired) electrons. The fraction of sp³-hybridized carbons (Fsp3) is 0.300. The molecule has 0 heterocycles. The topological polar surface area (TPSA) is 63.2 Å². The second-order valence-corrected chi connectivity index (χ2v) is 5.03. The lowest BCUT2D eigenvalue weighted by Gasteiger charge is -2.02. The lowest BCUT2D eigenvalue weighted by Crippen LogP contribution is -2.29. The zero-order valence-corrected chi connectivity index (χ0v) is 9.25. The summed E-state index contributed by atoms with van der Waals surface area (Å²) in [4.78, 5) is 11.1. The van der Waals surface area contributed by atoms with E-state index in [9.17, 15) is 13.2 Å². The standard InChI is InChI=1S/C10H13NO3S/c1-15(13,14)11-10(12)8-7-9-5-3-2-4-6-9/h2-6H,7-8H2,1H3,(H,11,12). The first-order valence-corrected chi connectivity index (χ1v) is 6.41. The third-order valence-corrected chi connectivity index (χ3v) is 2.38. The van der Waals surface area contributed by atoms with E-state index in [1.165, 1.54) is 0 Å². The smallest absolute Gasteiger partial charge is 0.233 e. The maximum Gasteiger partial charge on any atom is 0.233 e. The molecule has 0 fully saturated rings. The van der Waals surface area contributed by atoms with Crippen molar-refractivity contribution in [1.29, 1.82) is 0 Å². The van der Waals surface area contributed by atoms with Gasteiger partial charge in [-0.1, -0.05) is 30.3 Å². The van der Waals surface area contributed by atoms with Crippen molar-refractivity contribution in [2.24, 2.45) is 0 Å². The Balaban J connectivity index is 2.42. The van der Waals surface area contributed by atoms with Gasteiger partial charge in [0.15, 0.2) is 0 Å². The Bertz CT molecular complexity index is 425. The second kappa shape index (κ2) is 4.93. The van der Waals surface area contributed by atoms with Gasteiger partial charge in [-0.2, -0.15) is 0 Å². The predicted octanol–water partition coefficient (Wildman–Crippen LogP) is 0.695. The van der Waals surface area contributed by atoms with Crippen molar-refractivity contribution in [3.63, 3.8) is 0 Å². The summed E-state index contributed by atoms with van der Waals surface area (Å²) in [6.07, 6.45) is 1.69. The molecule has 0 aliphatic heterocycles. The molecule has 5 heteroatoms. The Morgan fingerprint density at radius 3 is 2.40 bits per heavy atom. The van der Waals surface area contributed by atoms with E-state index in [0.717, 1.165) is 11.8 Å². The van der Waals surface area contributed by atoms with Crippen molar-refractivity contribution in [2.45, 2.75) is 12.8 Å². The highest BCUT2D eigenvalue weighted by Crippen LogP contribution is 2.02. The van der Waals surface area contributed by atoms with Crippen LogP contribution in [-0.4, -0.2) is 20.6 Å². The number of sulfonamides is 1. The van der Waals surface area contributed by atoms with Gasteiger partial charge in [0.05, 0.1) is 6.26 Å². The molecule has 0 atom stereocenters. The van der Waals surface area contributed by atoms with Gasteiger partial charge >= 0.3 is 0 Å². The molecule has 1 aromatic rings. The third kappa shape index (κ3) is 5.17. The van der Waals surface area contributed by atoms with Crippen LogP contribution in [-0.2, 0) is 21.2 Å². The number of rotatable bonds is 4. The van der Waals surface area contributed by atoms with Gasteiger partial charge in [0.25, 0.3) is 0 Å². The Morgan fingerprint density at radius 2 is 1.87 bits per heavy atom. The zero-order chi connectivity index (χ0) is 11.3. The van der Waals surface area contributed by atoms with Crippen LogP contribution in [0.1, 0.15) is 12.0 Å². The number of carbonyl (C=O) groups excluding carboxylic acids is 1. The predicted molar refractivity (Wildman–Crippen MR) is 57.7 cm³/mol. The minimum absolute atomic E-state index is 0.178. The van der Waals surface area contributed by atoms with Crippen LogP contribution in [0.15, 0.2) is 30.3 Å². The summed E-state index contributed by atoms with van der Waals surface area (Å²) in [5, 5.41) is 0. The Labute approximate surface area is 89.4 Å². The van der Waals surface area contributed by atoms with Gasteiger partial charge in [-0.05, 0) is 12.0 Å². The van der Waals surface area contributed by atoms with Crippen LogP contribution in [0, 0.1) is 0 Å². The molecule has 1 N–H and O–H groups in total. The first-order valence-electron chi connectivity index (χ1n) is 4.52. The van der Waals surface area contributed by atoms with Crippen LogP contribution in [0.3, 0.4) is 0 Å². The van der Waals surface area contributed by atoms with Gasteiger partial charge in [-0.25, -0.2) is 8.42 Å². The van der Waals surface area contributed by atoms with E-state index in [2.05, 4.69) is 0 Å². The summed E-state index contributed by atoms with van der Waals surface area (Å²) < 4.78 is 23.4. The Kier molecular flexibility index (Phi) is 3.85. The monoisotopic (exact) mass is 227 g/mol. The van der Waals surface area contributed by atoms with E-state index in [4.69, 9.17) is 0 Å². The third-order valence-electron chi connectivity index (χ3n) is 1.78. The van der Waals surface area contributed by atoms with E-state index in [-0.39, 0.29) is 6.42 Å². The second-order valence-electron chi connectivity index (χ2n) is 3.28. The van der Waals surface area contributed by atoms with Gasteiger partial charge in [-0.3, -0.25) is 9.52 Å². The molecule has 15 heavy (non-hydrogen) atoms. The molecular weight excluding hydrogens is 214 g/mol. The van der Waals surface area contributed by atoms with Crippen molar-refractivity contribution >= 4 is 15.9 Å². The highest BCUT2D eigenvalue weighted by molar-refractivity contribution is 7.89. The van der Waals surface area contributed by atoms with E-state index >= 15 is 0 Å². The van der Waals surface area contributed by atoms with Crippen molar-refractivity contribution in [3.05, 3.63) is 35.9 Å². The quantitative estimate of drug-likeness (QED) is 0.823. The summed E-state index contributed by atoms with van der Waals surface area (Å²) in [5.74, 6) is -0.471. The molecule has 0 saturated heterocycles. The molecule has 0 aliphatic rings. The summed E-state index contributed by atoms with van der Waals surface area (Å²) >= 11 is 0. The van der Waals surface area contributed by atoms with E-state index in [0.29, 0.717) is 6.42 Å². The van der Waals surface area contributed by atoms with E-state index in [1.54, 1.807) is 0 Å². The molecular formula is C10H13NO3S. The van der Waals surface area contributed by atoms with Crippen molar-refractivity contribution < 1.29 is 13.2 Å². The van der Waals surface area contributed by atoms with Gasteiger partial charge in [0.2, 0.25) is 15.9 Å². The average Bonchev–Trinajstić information content (AvgIpc) is 2.14. The van der Waals surface area contributed by atoms with Gasteiger partial charge in [0.1, 0.15) is 0 Å². The lowest BCUT2D eigenvalue weighted by atomic mass is 10.1. The molecule has 0 aliphatic carbocycles. The zero-order valence-electron chi connectivity index (χ0n) is 8.43. The molecule has 0 unspecified atom stereocenters. The van der Waals surface area contributed by atoms with Crippen molar-refractivity contribution in [1.82, 2.24) is 4.72 Å². The highest BCUT2D eigenvalue weighted by atomic mass is 32.2. The minimum atomic E-state index is -3.43. The molecule has 0 saturated carbocycles. The van der Waals surface area contributed by atoms with Crippen LogP contribution in [0.25, 0.3) is 0 Å². The van der Waals surface area contributed by atoms with Crippen LogP contribution in [0.5, 0.6) is 0 Å². The number of carbonyl (C=O) groups is 1. The van der Waals surface area contributed by atoms with Gasteiger partial charge in [-0.15, -0.1) is 0 Å². The highest BCUT2D eigenvalue weighted by Gasteiger charge is 2.07. The fourth-order valence-corrected chi connectivity index (χ4v) is 1.68. The van der Waals surface area contributed by atoms with Crippen LogP contribution in [0.2, 0.25) is 0 Å². The number of aryl methyl sites for hydroxylation is 1. The van der Waals surface area contributed by atoms with Crippen molar-refractivity contribution in [2.75, 3.05) is 6.26 Å². The maximum atomic E-state index is 11.1. The first kappa shape index (κ1) is 11.7. The average molecular weight is 227 g/mol. The molecule has 82 valence electrons. The summed E-state index contributed by atoms with van der Waals surface area (Å²) in [5.41, 5.74) is 1.01. The lowest BCUT2D eigenvalue weighted by molar-refractivity contribution is -0.119. The fourth-order valence-electron chi connectivity index (χ4n) is 1.16. The Morgan fingerprint density at radius 1 is 1.27 bits per heavy atom. The van der Waals surface area contributed by atoms with E-state index < -0.39 is 15.9 Å². The number of benzene rings is 1. The van der Waals surface area contributed by atoms with Crippen molar-refractivity contribution in [3.8, 4) is 0 Å². The summed E-state index contributed by atoms with van der Waals surface area (Å²) in [7, 11) is -3.43. The minimum Gasteiger partial charge on any atom is -0.274 e. The number of hydrogen-bond acceptors (Lipinski definition) is 3. The van der Waals surface area contributed by atoms with Crippen LogP contribution >= 0.6 is 0 Å². The molecule has 4 nitrogen and oxygen atoms in total. The van der Waals surface area contributed by atoms with E-state index in [1.807, 2.05) is 35.1 Å². The number of amides is 1. The SMILES string of the molecule is CS(=O)(=O)NC(=O)CCc1ccccc1. The van der Waals surface area contributed by atoms with Crippen LogP contribution < -0.4 is 4.72 Å². The van der Waals surface area contributed by atoms with Gasteiger partial charge < -0.3 is 0 Å². The first-order chi connectivity index (χ1) is 6.97. The van der Waals surface area contributed by atoms with Gasteiger partial charge in [0, 0.05) is 6.42 Å². The van der Waals surface area contributed by atoms with Crippen LogP contribution in [0.4, 0.5) is 0 Å². The number of hydrogen-bond donors (Lipinski definition) is 1. The number of nitrogens with one attached hydrogen (secondary N) is 1. The summed E-state index contributed by atoms with van der Waals surface area (Å²) in [6, 6.07) is 9.44. The normalized spacial score (nSPS) is 11.0. The molecule has 1 amide bonds. The molecule has 0 spiro atoms. The molecule has 0 aromatic heterocycles. The molecule has 1 rings (SSSR count).